The molecule has 3 heterocycles. The molecule has 12 heteroatoms. The van der Waals surface area contributed by atoms with E-state index in [0.29, 0.717) is 40.7 Å². The summed E-state index contributed by atoms with van der Waals surface area (Å²) < 4.78 is 12.9. The number of ether oxygens (including phenoxy) is 2. The van der Waals surface area contributed by atoms with Gasteiger partial charge < -0.3 is 19.4 Å². The van der Waals surface area contributed by atoms with Gasteiger partial charge in [-0.25, -0.2) is 4.98 Å². The van der Waals surface area contributed by atoms with Gasteiger partial charge in [-0.15, -0.1) is 0 Å². The van der Waals surface area contributed by atoms with Crippen molar-refractivity contribution in [3.05, 3.63) is 45.2 Å². The van der Waals surface area contributed by atoms with Gasteiger partial charge in [-0.1, -0.05) is 24.9 Å². The Morgan fingerprint density at radius 3 is 2.88 bits per heavy atom. The van der Waals surface area contributed by atoms with Crippen molar-refractivity contribution in [3.63, 3.8) is 0 Å². The number of hydrogen-bond donors (Lipinski definition) is 1. The van der Waals surface area contributed by atoms with Crippen molar-refractivity contribution in [3.8, 4) is 6.01 Å². The fourth-order valence-corrected chi connectivity index (χ4v) is 3.88. The zero-order valence-corrected chi connectivity index (χ0v) is 19.8. The molecule has 1 aliphatic heterocycles. The Hall–Kier alpha value is -3.02. The molecule has 1 saturated heterocycles. The Balaban J connectivity index is 1.60. The molecule has 0 bridgehead atoms. The number of anilines is 1. The molecule has 0 spiro atoms. The van der Waals surface area contributed by atoms with Crippen LogP contribution in [0.1, 0.15) is 25.3 Å². The standard InChI is InChI=1S/C22H28ClN7O4/c1-2-3-10-34-22-26-20(24-6-7-28-8-11-33-12-9-28)19-21(27-22)29(15-25-19)14-16-4-5-17(23)13-18(16)30(31)32/h4-5,13,15H,2-3,6-12,14H2,1H3,(H,24,26,27). The first-order chi connectivity index (χ1) is 16.5. The van der Waals surface area contributed by atoms with Crippen molar-refractivity contribution >= 4 is 34.3 Å². The highest BCUT2D eigenvalue weighted by Gasteiger charge is 2.19. The van der Waals surface area contributed by atoms with Gasteiger partial charge in [0.05, 0.1) is 37.6 Å². The Kier molecular flexibility index (Phi) is 8.09. The van der Waals surface area contributed by atoms with Crippen molar-refractivity contribution in [1.29, 1.82) is 0 Å². The highest BCUT2D eigenvalue weighted by Crippen LogP contribution is 2.27. The summed E-state index contributed by atoms with van der Waals surface area (Å²) >= 11 is 5.97. The minimum atomic E-state index is -0.437. The van der Waals surface area contributed by atoms with Crippen LogP contribution in [0, 0.1) is 10.1 Å². The van der Waals surface area contributed by atoms with Crippen LogP contribution >= 0.6 is 11.6 Å². The van der Waals surface area contributed by atoms with E-state index in [9.17, 15) is 10.1 Å². The van der Waals surface area contributed by atoms with Crippen LogP contribution < -0.4 is 10.1 Å². The third-order valence-corrected chi connectivity index (χ3v) is 5.82. The maximum Gasteiger partial charge on any atom is 0.320 e. The van der Waals surface area contributed by atoms with Crippen LogP contribution in [0.4, 0.5) is 11.5 Å². The molecule has 0 amide bonds. The first kappa shape index (κ1) is 24.1. The first-order valence-corrected chi connectivity index (χ1v) is 11.8. The van der Waals surface area contributed by atoms with E-state index in [-0.39, 0.29) is 18.2 Å². The lowest BCUT2D eigenvalue weighted by Crippen LogP contribution is -2.39. The summed E-state index contributed by atoms with van der Waals surface area (Å²) in [5.41, 5.74) is 1.58. The van der Waals surface area contributed by atoms with Crippen LogP contribution in [0.5, 0.6) is 6.01 Å². The number of nitro benzene ring substituents is 1. The van der Waals surface area contributed by atoms with E-state index in [0.717, 1.165) is 45.7 Å². The van der Waals surface area contributed by atoms with Gasteiger partial charge >= 0.3 is 6.01 Å². The van der Waals surface area contributed by atoms with Crippen LogP contribution in [0.25, 0.3) is 11.2 Å². The number of benzene rings is 1. The molecular weight excluding hydrogens is 462 g/mol. The minimum Gasteiger partial charge on any atom is -0.463 e. The van der Waals surface area contributed by atoms with E-state index in [1.807, 2.05) is 0 Å². The second-order valence-electron chi connectivity index (χ2n) is 8.01. The lowest BCUT2D eigenvalue weighted by atomic mass is 10.2. The third-order valence-electron chi connectivity index (χ3n) is 5.58. The highest BCUT2D eigenvalue weighted by molar-refractivity contribution is 6.30. The van der Waals surface area contributed by atoms with Gasteiger partial charge in [-0.05, 0) is 18.6 Å². The van der Waals surface area contributed by atoms with Crippen molar-refractivity contribution in [1.82, 2.24) is 24.4 Å². The summed E-state index contributed by atoms with van der Waals surface area (Å²) in [7, 11) is 0. The summed E-state index contributed by atoms with van der Waals surface area (Å²) in [6, 6.07) is 4.88. The number of aromatic nitrogens is 4. The molecule has 0 unspecified atom stereocenters. The molecule has 2 aromatic heterocycles. The van der Waals surface area contributed by atoms with E-state index >= 15 is 0 Å². The van der Waals surface area contributed by atoms with Gasteiger partial charge in [0.1, 0.15) is 0 Å². The average Bonchev–Trinajstić information content (AvgIpc) is 3.24. The minimum absolute atomic E-state index is 0.0494. The van der Waals surface area contributed by atoms with E-state index < -0.39 is 4.92 Å². The van der Waals surface area contributed by atoms with Gasteiger partial charge in [-0.2, -0.15) is 9.97 Å². The number of fused-ring (bicyclic) bond motifs is 1. The molecule has 3 aromatic rings. The van der Waals surface area contributed by atoms with Crippen LogP contribution in [0.2, 0.25) is 5.02 Å². The molecule has 34 heavy (non-hydrogen) atoms. The number of morpholine rings is 1. The number of unbranched alkanes of at least 4 members (excludes halogenated alkanes) is 1. The predicted octanol–water partition coefficient (Wildman–Crippen LogP) is 3.36. The maximum absolute atomic E-state index is 11.5. The second-order valence-corrected chi connectivity index (χ2v) is 8.45. The summed E-state index contributed by atoms with van der Waals surface area (Å²) in [5.74, 6) is 0.578. The van der Waals surface area contributed by atoms with Crippen LogP contribution in [-0.2, 0) is 11.3 Å². The molecule has 4 rings (SSSR count). The molecule has 182 valence electrons. The summed E-state index contributed by atoms with van der Waals surface area (Å²) in [4.78, 5) is 27.0. The fraction of sp³-hybridized carbons (Fsp3) is 0.500. The Morgan fingerprint density at radius 2 is 2.12 bits per heavy atom. The topological polar surface area (TPSA) is 120 Å². The number of nitrogens with zero attached hydrogens (tertiary/aromatic N) is 6. The van der Waals surface area contributed by atoms with Crippen molar-refractivity contribution in [2.75, 3.05) is 51.3 Å². The van der Waals surface area contributed by atoms with E-state index in [4.69, 9.17) is 21.1 Å². The maximum atomic E-state index is 11.5. The average molecular weight is 490 g/mol. The van der Waals surface area contributed by atoms with Crippen LogP contribution in [-0.4, -0.2) is 75.3 Å². The predicted molar refractivity (Wildman–Crippen MR) is 129 cm³/mol. The highest BCUT2D eigenvalue weighted by atomic mass is 35.5. The summed E-state index contributed by atoms with van der Waals surface area (Å²) in [5, 5.41) is 15.2. The smallest absolute Gasteiger partial charge is 0.320 e. The molecule has 1 N–H and O–H groups in total. The second kappa shape index (κ2) is 11.4. The SMILES string of the molecule is CCCCOc1nc(NCCN2CCOCC2)c2ncn(Cc3ccc(Cl)cc3[N+](=O)[O-])c2n1. The molecule has 0 aliphatic carbocycles. The Morgan fingerprint density at radius 1 is 1.29 bits per heavy atom. The number of nitro groups is 1. The molecule has 1 aromatic carbocycles. The molecule has 1 aliphatic rings. The van der Waals surface area contributed by atoms with Crippen LogP contribution in [0.3, 0.4) is 0 Å². The van der Waals surface area contributed by atoms with Gasteiger partial charge in [0.15, 0.2) is 17.0 Å². The summed E-state index contributed by atoms with van der Waals surface area (Å²) in [6.07, 6.45) is 3.49. The van der Waals surface area contributed by atoms with Gasteiger partial charge in [0.2, 0.25) is 0 Å². The number of imidazole rings is 1. The molecule has 11 nitrogen and oxygen atoms in total. The van der Waals surface area contributed by atoms with E-state index in [2.05, 4.69) is 32.1 Å². The summed E-state index contributed by atoms with van der Waals surface area (Å²) in [6.45, 7) is 7.62. The van der Waals surface area contributed by atoms with Crippen molar-refractivity contribution in [2.45, 2.75) is 26.3 Å². The van der Waals surface area contributed by atoms with Gasteiger partial charge in [0, 0.05) is 42.8 Å². The quantitative estimate of drug-likeness (QED) is 0.245. The largest absolute Gasteiger partial charge is 0.463 e. The zero-order valence-electron chi connectivity index (χ0n) is 19.1. The number of halogens is 1. The van der Waals surface area contributed by atoms with Crippen LogP contribution in [0.15, 0.2) is 24.5 Å². The zero-order chi connectivity index (χ0) is 23.9. The molecular formula is C22H28ClN7O4. The van der Waals surface area contributed by atoms with Crippen molar-refractivity contribution < 1.29 is 14.4 Å². The van der Waals surface area contributed by atoms with Gasteiger partial charge in [-0.3, -0.25) is 15.0 Å². The number of nitrogens with one attached hydrogen (secondary N) is 1. The lowest BCUT2D eigenvalue weighted by molar-refractivity contribution is -0.385. The first-order valence-electron chi connectivity index (χ1n) is 11.4. The normalized spacial score (nSPS) is 14.4. The fourth-order valence-electron chi connectivity index (χ4n) is 3.72. The van der Waals surface area contributed by atoms with Crippen molar-refractivity contribution in [2.24, 2.45) is 0 Å². The number of rotatable bonds is 11. The number of hydrogen-bond acceptors (Lipinski definition) is 9. The Bertz CT molecular complexity index is 1130. The van der Waals surface area contributed by atoms with Gasteiger partial charge in [0.25, 0.3) is 5.69 Å². The molecule has 0 radical (unpaired) electrons. The van der Waals surface area contributed by atoms with E-state index in [1.54, 1.807) is 23.0 Å². The molecule has 0 saturated carbocycles. The third kappa shape index (κ3) is 5.91. The molecule has 0 atom stereocenters. The monoisotopic (exact) mass is 489 g/mol. The lowest BCUT2D eigenvalue weighted by Gasteiger charge is -2.26. The Labute approximate surface area is 202 Å². The van der Waals surface area contributed by atoms with E-state index in [1.165, 1.54) is 6.07 Å². The molecule has 1 fully saturated rings.